The lowest BCUT2D eigenvalue weighted by atomic mass is 10.1. The van der Waals surface area contributed by atoms with E-state index in [4.69, 9.17) is 10.5 Å². The average Bonchev–Trinajstić information content (AvgIpc) is 3.22. The van der Waals surface area contributed by atoms with Crippen LogP contribution in [0.25, 0.3) is 5.69 Å². The minimum Gasteiger partial charge on any atom is -0.464 e. The summed E-state index contributed by atoms with van der Waals surface area (Å²) in [7, 11) is 1.28. The Morgan fingerprint density at radius 2 is 2.17 bits per heavy atom. The van der Waals surface area contributed by atoms with Crippen molar-refractivity contribution in [2.75, 3.05) is 12.8 Å². The van der Waals surface area contributed by atoms with Gasteiger partial charge in [-0.1, -0.05) is 18.2 Å². The Balaban J connectivity index is 2.16. The number of hydrogen-bond donors (Lipinski definition) is 1. The van der Waals surface area contributed by atoms with Gasteiger partial charge in [-0.15, -0.1) is 0 Å². The topological polar surface area (TPSA) is 98.9 Å². The van der Waals surface area contributed by atoms with Gasteiger partial charge in [-0.2, -0.15) is 10.4 Å². The molecule has 0 bridgehead atoms. The van der Waals surface area contributed by atoms with Crippen LogP contribution < -0.4 is 5.73 Å². The third-order valence-electron chi connectivity index (χ3n) is 3.69. The molecular weight excluding hydrogens is 306 g/mol. The van der Waals surface area contributed by atoms with Crippen molar-refractivity contribution < 1.29 is 9.53 Å². The molecule has 0 aliphatic heterocycles. The summed E-state index contributed by atoms with van der Waals surface area (Å²) in [5, 5.41) is 13.4. The average molecular weight is 321 g/mol. The van der Waals surface area contributed by atoms with Crippen LogP contribution in [0.5, 0.6) is 0 Å². The lowest BCUT2D eigenvalue weighted by molar-refractivity contribution is 0.0593. The van der Waals surface area contributed by atoms with Gasteiger partial charge in [0.25, 0.3) is 0 Å². The molecule has 0 unspecified atom stereocenters. The predicted octanol–water partition coefficient (Wildman–Crippen LogP) is 1.96. The zero-order valence-corrected chi connectivity index (χ0v) is 13.0. The van der Waals surface area contributed by atoms with Crippen LogP contribution in [0.3, 0.4) is 0 Å². The number of nitrogens with two attached hydrogens (primary N) is 1. The van der Waals surface area contributed by atoms with Crippen LogP contribution in [0.4, 0.5) is 5.69 Å². The highest BCUT2D eigenvalue weighted by Crippen LogP contribution is 2.26. The number of carbonyl (C=O) groups excluding carboxylic acids is 1. The molecule has 0 atom stereocenters. The first-order valence-corrected chi connectivity index (χ1v) is 7.20. The van der Waals surface area contributed by atoms with Crippen molar-refractivity contribution >= 4 is 11.7 Å². The molecule has 0 amide bonds. The summed E-state index contributed by atoms with van der Waals surface area (Å²) in [6.07, 6.45) is 5.09. The summed E-state index contributed by atoms with van der Waals surface area (Å²) >= 11 is 0. The zero-order chi connectivity index (χ0) is 17.1. The molecule has 120 valence electrons. The predicted molar refractivity (Wildman–Crippen MR) is 87.6 cm³/mol. The molecule has 24 heavy (non-hydrogen) atoms. The number of benzene rings is 1. The molecule has 0 aliphatic carbocycles. The number of nitriles is 1. The van der Waals surface area contributed by atoms with Crippen molar-refractivity contribution in [3.05, 3.63) is 65.7 Å². The minimum absolute atomic E-state index is 0.109. The quantitative estimate of drug-likeness (QED) is 0.741. The van der Waals surface area contributed by atoms with Gasteiger partial charge in [0.1, 0.15) is 6.07 Å². The number of ether oxygens (including phenoxy) is 1. The lowest BCUT2D eigenvalue weighted by Crippen LogP contribution is -2.13. The number of methoxy groups -OCH3 is 1. The van der Waals surface area contributed by atoms with Gasteiger partial charge in [0.05, 0.1) is 30.6 Å². The minimum atomic E-state index is -0.595. The first-order valence-electron chi connectivity index (χ1n) is 7.20. The summed E-state index contributed by atoms with van der Waals surface area (Å²) in [6, 6.07) is 11.4. The Labute approximate surface area is 138 Å². The first kappa shape index (κ1) is 15.4. The van der Waals surface area contributed by atoms with Crippen molar-refractivity contribution in [3.63, 3.8) is 0 Å². The first-order chi connectivity index (χ1) is 11.7. The number of anilines is 1. The third kappa shape index (κ3) is 2.61. The Bertz CT molecular complexity index is 919. The van der Waals surface area contributed by atoms with E-state index in [1.54, 1.807) is 21.6 Å². The number of hydrogen-bond acceptors (Lipinski definition) is 5. The third-order valence-corrected chi connectivity index (χ3v) is 3.69. The Hall–Kier alpha value is -3.53. The van der Waals surface area contributed by atoms with Crippen molar-refractivity contribution in [2.24, 2.45) is 0 Å². The van der Waals surface area contributed by atoms with Crippen molar-refractivity contribution in [3.8, 4) is 11.8 Å². The number of rotatable bonds is 4. The maximum atomic E-state index is 12.1. The van der Waals surface area contributed by atoms with Gasteiger partial charge >= 0.3 is 5.97 Å². The molecule has 0 saturated heterocycles. The molecule has 3 aromatic rings. The summed E-state index contributed by atoms with van der Waals surface area (Å²) in [5.41, 5.74) is 8.09. The van der Waals surface area contributed by atoms with Gasteiger partial charge in [-0.25, -0.2) is 4.79 Å². The number of aromatic nitrogens is 3. The Morgan fingerprint density at radius 3 is 2.83 bits per heavy atom. The highest BCUT2D eigenvalue weighted by atomic mass is 16.5. The van der Waals surface area contributed by atoms with E-state index in [1.807, 2.05) is 42.6 Å². The fourth-order valence-electron chi connectivity index (χ4n) is 2.55. The van der Waals surface area contributed by atoms with Crippen LogP contribution >= 0.6 is 0 Å². The van der Waals surface area contributed by atoms with E-state index in [1.165, 1.54) is 7.11 Å². The monoisotopic (exact) mass is 321 g/mol. The van der Waals surface area contributed by atoms with Crippen LogP contribution in [0, 0.1) is 11.3 Å². The second-order valence-electron chi connectivity index (χ2n) is 5.11. The molecule has 7 heteroatoms. The van der Waals surface area contributed by atoms with Crippen molar-refractivity contribution in [2.45, 2.75) is 6.54 Å². The van der Waals surface area contributed by atoms with E-state index >= 15 is 0 Å². The van der Waals surface area contributed by atoms with Gasteiger partial charge in [0.2, 0.25) is 0 Å². The van der Waals surface area contributed by atoms with Crippen LogP contribution in [0.2, 0.25) is 0 Å². The molecule has 3 rings (SSSR count). The highest BCUT2D eigenvalue weighted by Gasteiger charge is 2.22. The van der Waals surface area contributed by atoms with Crippen LogP contribution in [0.1, 0.15) is 21.6 Å². The Morgan fingerprint density at radius 1 is 1.38 bits per heavy atom. The maximum Gasteiger partial charge on any atom is 0.357 e. The van der Waals surface area contributed by atoms with Gasteiger partial charge in [-0.3, -0.25) is 4.68 Å². The standard InChI is InChI=1S/C17H15N5O2/c1-24-17(23)16-15(19)13(9-18)11-22(16)14-6-3-2-5-12(14)10-21-8-4-7-20-21/h2-8,11H,10,19H2,1H3. The second-order valence-corrected chi connectivity index (χ2v) is 5.11. The van der Waals surface area contributed by atoms with Gasteiger partial charge in [0, 0.05) is 18.6 Å². The maximum absolute atomic E-state index is 12.1. The van der Waals surface area contributed by atoms with Crippen molar-refractivity contribution in [1.82, 2.24) is 14.3 Å². The normalized spacial score (nSPS) is 10.3. The number of carbonyl (C=O) groups is 1. The molecule has 0 fully saturated rings. The number of para-hydroxylation sites is 1. The van der Waals surface area contributed by atoms with Crippen LogP contribution in [-0.4, -0.2) is 27.4 Å². The summed E-state index contributed by atoms with van der Waals surface area (Å²) in [4.78, 5) is 12.1. The summed E-state index contributed by atoms with van der Waals surface area (Å²) < 4.78 is 8.18. The van der Waals surface area contributed by atoms with E-state index in [0.717, 1.165) is 11.3 Å². The number of nitrogen functional groups attached to an aromatic ring is 1. The Kier molecular flexibility index (Phi) is 4.03. The van der Waals surface area contributed by atoms with E-state index in [2.05, 4.69) is 5.10 Å². The molecule has 2 heterocycles. The van der Waals surface area contributed by atoms with Crippen molar-refractivity contribution in [1.29, 1.82) is 5.26 Å². The van der Waals surface area contributed by atoms with E-state index < -0.39 is 5.97 Å². The summed E-state index contributed by atoms with van der Waals surface area (Å²) in [6.45, 7) is 0.518. The SMILES string of the molecule is COC(=O)c1c(N)c(C#N)cn1-c1ccccc1Cn1cccn1. The number of esters is 1. The molecule has 2 aromatic heterocycles. The van der Waals surface area contributed by atoms with E-state index in [0.29, 0.717) is 6.54 Å². The fourth-order valence-corrected chi connectivity index (χ4v) is 2.55. The fraction of sp³-hybridized carbons (Fsp3) is 0.118. The van der Waals surface area contributed by atoms with Crippen LogP contribution in [0.15, 0.2) is 48.9 Å². The lowest BCUT2D eigenvalue weighted by Gasteiger charge is -2.13. The smallest absolute Gasteiger partial charge is 0.357 e. The second kappa shape index (κ2) is 6.30. The molecule has 7 nitrogen and oxygen atoms in total. The zero-order valence-electron chi connectivity index (χ0n) is 13.0. The van der Waals surface area contributed by atoms with Crippen LogP contribution in [-0.2, 0) is 11.3 Å². The van der Waals surface area contributed by atoms with E-state index in [-0.39, 0.29) is 16.9 Å². The molecule has 0 radical (unpaired) electrons. The molecular formula is C17H15N5O2. The number of nitrogens with zero attached hydrogens (tertiary/aromatic N) is 4. The van der Waals surface area contributed by atoms with Gasteiger partial charge in [0.15, 0.2) is 5.69 Å². The molecule has 0 aliphatic rings. The van der Waals surface area contributed by atoms with E-state index in [9.17, 15) is 10.1 Å². The summed E-state index contributed by atoms with van der Waals surface area (Å²) in [5.74, 6) is -0.595. The molecule has 1 aromatic carbocycles. The van der Waals surface area contributed by atoms with Gasteiger partial charge < -0.3 is 15.0 Å². The largest absolute Gasteiger partial charge is 0.464 e. The molecule has 2 N–H and O–H groups in total. The molecule has 0 saturated carbocycles. The van der Waals surface area contributed by atoms with Gasteiger partial charge in [-0.05, 0) is 17.7 Å². The molecule has 0 spiro atoms. The highest BCUT2D eigenvalue weighted by molar-refractivity contribution is 5.96.